The Labute approximate surface area is 117 Å². The molecule has 4 heteroatoms. The molecule has 20 heavy (non-hydrogen) atoms. The Balaban J connectivity index is 1.78. The van der Waals surface area contributed by atoms with Crippen LogP contribution in [0, 0.1) is 6.92 Å². The van der Waals surface area contributed by atoms with Gasteiger partial charge in [0, 0.05) is 11.1 Å². The van der Waals surface area contributed by atoms with Crippen LogP contribution in [0.15, 0.2) is 54.7 Å². The Morgan fingerprint density at radius 3 is 2.75 bits per heavy atom. The number of amides is 1. The lowest BCUT2D eigenvalue weighted by atomic mass is 10.2. The molecule has 1 aromatic heterocycles. The van der Waals surface area contributed by atoms with Crippen LogP contribution in [0.3, 0.4) is 0 Å². The van der Waals surface area contributed by atoms with Crippen molar-refractivity contribution in [3.63, 3.8) is 0 Å². The zero-order chi connectivity index (χ0) is 13.9. The average Bonchev–Trinajstić information content (AvgIpc) is 2.85. The molecule has 4 nitrogen and oxygen atoms in total. The van der Waals surface area contributed by atoms with Gasteiger partial charge in [0.15, 0.2) is 0 Å². The summed E-state index contributed by atoms with van der Waals surface area (Å²) in [4.78, 5) is 12.1. The van der Waals surface area contributed by atoms with Crippen LogP contribution in [-0.2, 0) is 11.3 Å². The minimum Gasteiger partial charge on any atom is -0.324 e. The zero-order valence-electron chi connectivity index (χ0n) is 11.2. The average molecular weight is 265 g/mol. The normalized spacial score (nSPS) is 10.7. The van der Waals surface area contributed by atoms with Crippen LogP contribution < -0.4 is 5.32 Å². The second-order valence-electron chi connectivity index (χ2n) is 4.72. The van der Waals surface area contributed by atoms with Crippen LogP contribution in [0.5, 0.6) is 0 Å². The van der Waals surface area contributed by atoms with E-state index >= 15 is 0 Å². The summed E-state index contributed by atoms with van der Waals surface area (Å²) in [5.41, 5.74) is 2.85. The predicted octanol–water partition coefficient (Wildman–Crippen LogP) is 2.98. The summed E-state index contributed by atoms with van der Waals surface area (Å²) in [7, 11) is 0. The number of fused-ring (bicyclic) bond motifs is 1. The van der Waals surface area contributed by atoms with Gasteiger partial charge in [0.05, 0.1) is 11.7 Å². The fourth-order valence-electron chi connectivity index (χ4n) is 2.19. The van der Waals surface area contributed by atoms with Crippen molar-refractivity contribution in [2.75, 3.05) is 5.32 Å². The molecular formula is C16H15N3O. The van der Waals surface area contributed by atoms with Crippen molar-refractivity contribution in [3.8, 4) is 0 Å². The molecule has 1 N–H and O–H groups in total. The first-order chi connectivity index (χ1) is 9.74. The second kappa shape index (κ2) is 5.17. The highest BCUT2D eigenvalue weighted by atomic mass is 16.2. The SMILES string of the molecule is Cc1ccccc1NC(=O)Cn1ncc2ccccc21. The number of carbonyl (C=O) groups is 1. The number of nitrogens with one attached hydrogen (secondary N) is 1. The number of anilines is 1. The summed E-state index contributed by atoms with van der Waals surface area (Å²) < 4.78 is 1.71. The first kappa shape index (κ1) is 12.4. The highest BCUT2D eigenvalue weighted by Crippen LogP contribution is 2.15. The van der Waals surface area contributed by atoms with E-state index in [-0.39, 0.29) is 12.5 Å². The standard InChI is InChI=1S/C16H15N3O/c1-12-6-2-4-8-14(12)18-16(20)11-19-15-9-5-3-7-13(15)10-17-19/h2-10H,11H2,1H3,(H,18,20). The third-order valence-electron chi connectivity index (χ3n) is 3.26. The maximum Gasteiger partial charge on any atom is 0.246 e. The molecule has 0 saturated carbocycles. The molecule has 100 valence electrons. The van der Waals surface area contributed by atoms with Crippen LogP contribution in [0.25, 0.3) is 10.9 Å². The summed E-state index contributed by atoms with van der Waals surface area (Å²) >= 11 is 0. The maximum absolute atomic E-state index is 12.1. The molecule has 0 unspecified atom stereocenters. The number of hydrogen-bond donors (Lipinski definition) is 1. The molecule has 0 atom stereocenters. The smallest absolute Gasteiger partial charge is 0.246 e. The molecule has 0 spiro atoms. The van der Waals surface area contributed by atoms with Crippen molar-refractivity contribution in [2.24, 2.45) is 0 Å². The van der Waals surface area contributed by atoms with E-state index in [0.717, 1.165) is 22.2 Å². The quantitative estimate of drug-likeness (QED) is 0.791. The molecule has 0 aliphatic heterocycles. The Hall–Kier alpha value is -2.62. The molecule has 0 fully saturated rings. The lowest BCUT2D eigenvalue weighted by Gasteiger charge is -2.08. The van der Waals surface area contributed by atoms with Gasteiger partial charge in [-0.3, -0.25) is 9.48 Å². The summed E-state index contributed by atoms with van der Waals surface area (Å²) in [6.07, 6.45) is 1.77. The van der Waals surface area contributed by atoms with Crippen molar-refractivity contribution < 1.29 is 4.79 Å². The minimum absolute atomic E-state index is 0.0758. The number of benzene rings is 2. The van der Waals surface area contributed by atoms with E-state index in [1.54, 1.807) is 10.9 Å². The lowest BCUT2D eigenvalue weighted by Crippen LogP contribution is -2.19. The Morgan fingerprint density at radius 2 is 1.90 bits per heavy atom. The highest BCUT2D eigenvalue weighted by molar-refractivity contribution is 5.92. The molecule has 3 rings (SSSR count). The topological polar surface area (TPSA) is 46.9 Å². The summed E-state index contributed by atoms with van der Waals surface area (Å²) in [6.45, 7) is 2.18. The van der Waals surface area contributed by atoms with Gasteiger partial charge in [0.2, 0.25) is 5.91 Å². The van der Waals surface area contributed by atoms with Gasteiger partial charge in [-0.1, -0.05) is 36.4 Å². The van der Waals surface area contributed by atoms with E-state index in [4.69, 9.17) is 0 Å². The Bertz CT molecular complexity index is 761. The minimum atomic E-state index is -0.0758. The summed E-state index contributed by atoms with van der Waals surface area (Å²) in [6, 6.07) is 15.6. The number of carbonyl (C=O) groups excluding carboxylic acids is 1. The zero-order valence-corrected chi connectivity index (χ0v) is 11.2. The third kappa shape index (κ3) is 2.40. The van der Waals surface area contributed by atoms with Gasteiger partial charge in [-0.05, 0) is 24.6 Å². The lowest BCUT2D eigenvalue weighted by molar-refractivity contribution is -0.116. The first-order valence-corrected chi connectivity index (χ1v) is 6.50. The fraction of sp³-hybridized carbons (Fsp3) is 0.125. The highest BCUT2D eigenvalue weighted by Gasteiger charge is 2.08. The van der Waals surface area contributed by atoms with Crippen LogP contribution in [-0.4, -0.2) is 15.7 Å². The number of nitrogens with zero attached hydrogens (tertiary/aromatic N) is 2. The van der Waals surface area contributed by atoms with Crippen molar-refractivity contribution in [2.45, 2.75) is 13.5 Å². The van der Waals surface area contributed by atoms with Gasteiger partial charge in [-0.2, -0.15) is 5.10 Å². The third-order valence-corrected chi connectivity index (χ3v) is 3.26. The molecule has 0 radical (unpaired) electrons. The van der Waals surface area contributed by atoms with Gasteiger partial charge in [0.1, 0.15) is 6.54 Å². The first-order valence-electron chi connectivity index (χ1n) is 6.50. The van der Waals surface area contributed by atoms with Gasteiger partial charge in [-0.25, -0.2) is 0 Å². The van der Waals surface area contributed by atoms with Crippen LogP contribution in [0.4, 0.5) is 5.69 Å². The molecule has 1 heterocycles. The second-order valence-corrected chi connectivity index (χ2v) is 4.72. The van der Waals surface area contributed by atoms with Crippen molar-refractivity contribution in [1.82, 2.24) is 9.78 Å². The van der Waals surface area contributed by atoms with E-state index in [2.05, 4.69) is 10.4 Å². The monoisotopic (exact) mass is 265 g/mol. The number of hydrogen-bond acceptors (Lipinski definition) is 2. The maximum atomic E-state index is 12.1. The predicted molar refractivity (Wildman–Crippen MR) is 79.5 cm³/mol. The molecule has 3 aromatic rings. The molecule has 0 saturated heterocycles. The van der Waals surface area contributed by atoms with E-state index < -0.39 is 0 Å². The van der Waals surface area contributed by atoms with Gasteiger partial charge in [0.25, 0.3) is 0 Å². The number of para-hydroxylation sites is 2. The molecule has 0 aliphatic rings. The number of rotatable bonds is 3. The Morgan fingerprint density at radius 1 is 1.15 bits per heavy atom. The Kier molecular flexibility index (Phi) is 3.21. The van der Waals surface area contributed by atoms with E-state index in [0.29, 0.717) is 0 Å². The molecular weight excluding hydrogens is 250 g/mol. The van der Waals surface area contributed by atoms with Crippen molar-refractivity contribution >= 4 is 22.5 Å². The van der Waals surface area contributed by atoms with Crippen LogP contribution in [0.1, 0.15) is 5.56 Å². The molecule has 1 amide bonds. The number of aromatic nitrogens is 2. The van der Waals surface area contributed by atoms with Crippen LogP contribution in [0.2, 0.25) is 0 Å². The van der Waals surface area contributed by atoms with Crippen LogP contribution >= 0.6 is 0 Å². The van der Waals surface area contributed by atoms with E-state index in [9.17, 15) is 4.79 Å². The van der Waals surface area contributed by atoms with Gasteiger partial charge < -0.3 is 5.32 Å². The summed E-state index contributed by atoms with van der Waals surface area (Å²) in [5.74, 6) is -0.0758. The molecule has 0 aliphatic carbocycles. The molecule has 0 bridgehead atoms. The number of aryl methyl sites for hydroxylation is 1. The van der Waals surface area contributed by atoms with Crippen molar-refractivity contribution in [1.29, 1.82) is 0 Å². The molecule has 2 aromatic carbocycles. The van der Waals surface area contributed by atoms with Crippen molar-refractivity contribution in [3.05, 3.63) is 60.3 Å². The van der Waals surface area contributed by atoms with E-state index in [1.165, 1.54) is 0 Å². The van der Waals surface area contributed by atoms with Gasteiger partial charge >= 0.3 is 0 Å². The van der Waals surface area contributed by atoms with Gasteiger partial charge in [-0.15, -0.1) is 0 Å². The van der Waals surface area contributed by atoms with E-state index in [1.807, 2.05) is 55.5 Å². The summed E-state index contributed by atoms with van der Waals surface area (Å²) in [5, 5.41) is 8.21. The largest absolute Gasteiger partial charge is 0.324 e. The fourth-order valence-corrected chi connectivity index (χ4v) is 2.19.